The Hall–Kier alpha value is -2.97. The van der Waals surface area contributed by atoms with Crippen LogP contribution in [-0.4, -0.2) is 15.0 Å². The first kappa shape index (κ1) is 21.3. The highest BCUT2D eigenvalue weighted by molar-refractivity contribution is 9.10. The zero-order valence-corrected chi connectivity index (χ0v) is 19.6. The minimum Gasteiger partial charge on any atom is -0.325 e. The summed E-state index contributed by atoms with van der Waals surface area (Å²) < 4.78 is 3.88. The highest BCUT2D eigenvalue weighted by Gasteiger charge is 2.18. The number of fused-ring (bicyclic) bond motifs is 1. The van der Waals surface area contributed by atoms with E-state index < -0.39 is 5.69 Å². The van der Waals surface area contributed by atoms with Gasteiger partial charge in [-0.15, -0.1) is 11.3 Å². The van der Waals surface area contributed by atoms with Crippen LogP contribution in [0.1, 0.15) is 16.7 Å². The van der Waals surface area contributed by atoms with Crippen LogP contribution in [0.2, 0.25) is 0 Å². The second kappa shape index (κ2) is 8.28. The van der Waals surface area contributed by atoms with E-state index in [-0.39, 0.29) is 18.0 Å². The van der Waals surface area contributed by atoms with Crippen molar-refractivity contribution in [2.45, 2.75) is 27.3 Å². The van der Waals surface area contributed by atoms with Crippen LogP contribution in [-0.2, 0) is 11.3 Å². The van der Waals surface area contributed by atoms with Crippen molar-refractivity contribution in [1.82, 2.24) is 9.13 Å². The fraction of sp³-hybridized carbons (Fsp3) is 0.174. The number of nitrogens with one attached hydrogen (secondary N) is 1. The van der Waals surface area contributed by atoms with Crippen molar-refractivity contribution in [3.05, 3.63) is 89.8 Å². The number of hydrogen-bond acceptors (Lipinski definition) is 4. The molecule has 1 amide bonds. The molecule has 2 heterocycles. The molecule has 0 spiro atoms. The van der Waals surface area contributed by atoms with Gasteiger partial charge in [-0.3, -0.25) is 14.2 Å². The summed E-state index contributed by atoms with van der Waals surface area (Å²) >= 11 is 4.70. The summed E-state index contributed by atoms with van der Waals surface area (Å²) in [6.07, 6.45) is 0. The SMILES string of the molecule is Cc1cc(C)cc(-n2c(=O)c3sccc3n(CC(=O)Nc3ccc(Br)c(C)c3)c2=O)c1. The van der Waals surface area contributed by atoms with Gasteiger partial charge in [0.1, 0.15) is 11.2 Å². The van der Waals surface area contributed by atoms with E-state index in [1.165, 1.54) is 15.9 Å². The van der Waals surface area contributed by atoms with Gasteiger partial charge in [-0.1, -0.05) is 22.0 Å². The average molecular weight is 498 g/mol. The van der Waals surface area contributed by atoms with Gasteiger partial charge in [-0.25, -0.2) is 9.36 Å². The summed E-state index contributed by atoms with van der Waals surface area (Å²) in [7, 11) is 0. The number of carbonyl (C=O) groups excluding carboxylic acids is 1. The van der Waals surface area contributed by atoms with E-state index in [4.69, 9.17) is 0 Å². The van der Waals surface area contributed by atoms with Gasteiger partial charge in [0, 0.05) is 10.2 Å². The summed E-state index contributed by atoms with van der Waals surface area (Å²) in [6.45, 7) is 5.56. The summed E-state index contributed by atoms with van der Waals surface area (Å²) in [5, 5.41) is 4.58. The molecule has 0 unspecified atom stereocenters. The molecule has 1 N–H and O–H groups in total. The number of thiophene rings is 1. The van der Waals surface area contributed by atoms with Gasteiger partial charge >= 0.3 is 5.69 Å². The third-order valence-corrected chi connectivity index (χ3v) is 6.74. The third kappa shape index (κ3) is 4.13. The topological polar surface area (TPSA) is 73.1 Å². The molecule has 0 aliphatic rings. The van der Waals surface area contributed by atoms with E-state index in [1.807, 2.05) is 39.0 Å². The van der Waals surface area contributed by atoms with Gasteiger partial charge in [0.05, 0.1) is 11.2 Å². The van der Waals surface area contributed by atoms with Gasteiger partial charge < -0.3 is 5.32 Å². The number of rotatable bonds is 4. The first-order valence-electron chi connectivity index (χ1n) is 9.62. The normalized spacial score (nSPS) is 11.1. The van der Waals surface area contributed by atoms with Crippen LogP contribution in [0.15, 0.2) is 61.9 Å². The lowest BCUT2D eigenvalue weighted by atomic mass is 10.1. The van der Waals surface area contributed by atoms with E-state index in [0.717, 1.165) is 25.7 Å². The monoisotopic (exact) mass is 497 g/mol. The van der Waals surface area contributed by atoms with Crippen molar-refractivity contribution in [2.75, 3.05) is 5.32 Å². The van der Waals surface area contributed by atoms with Gasteiger partial charge in [-0.05, 0) is 79.2 Å². The molecule has 2 aromatic heterocycles. The molecule has 0 saturated heterocycles. The highest BCUT2D eigenvalue weighted by Crippen LogP contribution is 2.21. The molecule has 0 aliphatic carbocycles. The predicted octanol–water partition coefficient (Wildman–Crippen LogP) is 4.54. The zero-order chi connectivity index (χ0) is 22.3. The quantitative estimate of drug-likeness (QED) is 0.449. The Morgan fingerprint density at radius 3 is 2.42 bits per heavy atom. The molecule has 6 nitrogen and oxygen atoms in total. The Balaban J connectivity index is 1.80. The predicted molar refractivity (Wildman–Crippen MR) is 129 cm³/mol. The van der Waals surface area contributed by atoms with E-state index >= 15 is 0 Å². The van der Waals surface area contributed by atoms with Crippen LogP contribution >= 0.6 is 27.3 Å². The Bertz CT molecular complexity index is 1430. The van der Waals surface area contributed by atoms with Crippen molar-refractivity contribution >= 4 is 49.1 Å². The Morgan fingerprint density at radius 2 is 1.74 bits per heavy atom. The number of halogens is 1. The minimum absolute atomic E-state index is 0.202. The fourth-order valence-corrected chi connectivity index (χ4v) is 4.68. The number of anilines is 1. The second-order valence-corrected chi connectivity index (χ2v) is 9.27. The molecule has 4 aromatic rings. The minimum atomic E-state index is -0.539. The molecule has 0 bridgehead atoms. The molecular formula is C23H20BrN3O3S. The van der Waals surface area contributed by atoms with Crippen LogP contribution in [0, 0.1) is 20.8 Å². The molecule has 31 heavy (non-hydrogen) atoms. The van der Waals surface area contributed by atoms with Crippen LogP contribution in [0.25, 0.3) is 15.9 Å². The summed E-state index contributed by atoms with van der Waals surface area (Å²) in [6, 6.07) is 12.8. The molecule has 2 aromatic carbocycles. The number of aromatic nitrogens is 2. The third-order valence-electron chi connectivity index (χ3n) is 4.96. The lowest BCUT2D eigenvalue weighted by Crippen LogP contribution is -2.40. The first-order valence-corrected chi connectivity index (χ1v) is 11.3. The summed E-state index contributed by atoms with van der Waals surface area (Å²) in [4.78, 5) is 39.2. The van der Waals surface area contributed by atoms with Gasteiger partial charge in [0.2, 0.25) is 5.91 Å². The van der Waals surface area contributed by atoms with E-state index in [2.05, 4.69) is 21.2 Å². The molecule has 0 aliphatic heterocycles. The standard InChI is InChI=1S/C23H20BrN3O3S/c1-13-8-14(2)10-17(9-13)27-22(29)21-19(6-7-31-21)26(23(27)30)12-20(28)25-16-4-5-18(24)15(3)11-16/h4-11H,12H2,1-3H3,(H,25,28). The Kier molecular flexibility index (Phi) is 5.68. The second-order valence-electron chi connectivity index (χ2n) is 7.50. The van der Waals surface area contributed by atoms with Crippen molar-refractivity contribution < 1.29 is 4.79 Å². The van der Waals surface area contributed by atoms with Crippen molar-refractivity contribution in [3.63, 3.8) is 0 Å². The molecule has 158 valence electrons. The molecule has 8 heteroatoms. The smallest absolute Gasteiger partial charge is 0.325 e. The maximum atomic E-state index is 13.4. The van der Waals surface area contributed by atoms with Crippen molar-refractivity contribution in [1.29, 1.82) is 0 Å². The number of hydrogen-bond donors (Lipinski definition) is 1. The van der Waals surface area contributed by atoms with E-state index in [0.29, 0.717) is 21.6 Å². The summed E-state index contributed by atoms with van der Waals surface area (Å²) in [5.41, 5.74) is 3.57. The number of benzene rings is 2. The van der Waals surface area contributed by atoms with Crippen LogP contribution in [0.4, 0.5) is 5.69 Å². The van der Waals surface area contributed by atoms with Gasteiger partial charge in [0.15, 0.2) is 0 Å². The molecule has 0 saturated carbocycles. The number of amides is 1. The number of carbonyl (C=O) groups is 1. The van der Waals surface area contributed by atoms with Crippen molar-refractivity contribution in [3.8, 4) is 5.69 Å². The first-order chi connectivity index (χ1) is 14.7. The van der Waals surface area contributed by atoms with E-state index in [1.54, 1.807) is 29.6 Å². The van der Waals surface area contributed by atoms with Crippen molar-refractivity contribution in [2.24, 2.45) is 0 Å². The zero-order valence-electron chi connectivity index (χ0n) is 17.2. The maximum absolute atomic E-state index is 13.4. The molecule has 0 atom stereocenters. The van der Waals surface area contributed by atoms with Crippen LogP contribution < -0.4 is 16.6 Å². The largest absolute Gasteiger partial charge is 0.336 e. The fourth-order valence-electron chi connectivity index (χ4n) is 3.61. The van der Waals surface area contributed by atoms with Crippen LogP contribution in [0.3, 0.4) is 0 Å². The molecular weight excluding hydrogens is 478 g/mol. The number of nitrogens with zero attached hydrogens (tertiary/aromatic N) is 2. The molecule has 0 radical (unpaired) electrons. The lowest BCUT2D eigenvalue weighted by Gasteiger charge is -2.13. The lowest BCUT2D eigenvalue weighted by molar-refractivity contribution is -0.116. The Morgan fingerprint density at radius 1 is 1.03 bits per heavy atom. The van der Waals surface area contributed by atoms with E-state index in [9.17, 15) is 14.4 Å². The van der Waals surface area contributed by atoms with Gasteiger partial charge in [0.25, 0.3) is 5.56 Å². The number of aryl methyl sites for hydroxylation is 3. The Labute approximate surface area is 190 Å². The average Bonchev–Trinajstić information content (AvgIpc) is 3.17. The molecule has 4 rings (SSSR count). The molecule has 0 fully saturated rings. The maximum Gasteiger partial charge on any atom is 0.336 e. The summed E-state index contributed by atoms with van der Waals surface area (Å²) in [5.74, 6) is -0.345. The van der Waals surface area contributed by atoms with Gasteiger partial charge in [-0.2, -0.15) is 0 Å². The highest BCUT2D eigenvalue weighted by atomic mass is 79.9. The van der Waals surface area contributed by atoms with Crippen LogP contribution in [0.5, 0.6) is 0 Å².